The van der Waals surface area contributed by atoms with Gasteiger partial charge < -0.3 is 10.3 Å². The summed E-state index contributed by atoms with van der Waals surface area (Å²) in [5.74, 6) is -3.74. The lowest BCUT2D eigenvalue weighted by atomic mass is 10.1. The van der Waals surface area contributed by atoms with E-state index < -0.39 is 34.8 Å². The maximum Gasteiger partial charge on any atom is 0.417 e. The lowest BCUT2D eigenvalue weighted by molar-refractivity contribution is -0.137. The Kier molecular flexibility index (Phi) is 4.13. The van der Waals surface area contributed by atoms with Gasteiger partial charge in [0.2, 0.25) is 0 Å². The first-order chi connectivity index (χ1) is 13.2. The number of benzene rings is 1. The molecule has 0 saturated heterocycles. The van der Waals surface area contributed by atoms with E-state index in [1.807, 2.05) is 0 Å². The van der Waals surface area contributed by atoms with E-state index in [4.69, 9.17) is 0 Å². The SMILES string of the molecule is O=C1NCCc2[nH]c(-c3ccnc(-c4cc(F)c(F)cc4C(F)(F)F)n3)cc21. The number of aromatic amines is 1. The van der Waals surface area contributed by atoms with Crippen LogP contribution in [-0.2, 0) is 12.6 Å². The van der Waals surface area contributed by atoms with Gasteiger partial charge in [0.1, 0.15) is 0 Å². The van der Waals surface area contributed by atoms with E-state index in [0.29, 0.717) is 36.0 Å². The third-order valence-corrected chi connectivity index (χ3v) is 4.34. The average Bonchev–Trinajstić information content (AvgIpc) is 3.09. The van der Waals surface area contributed by atoms with Crippen molar-refractivity contribution in [2.75, 3.05) is 6.54 Å². The third kappa shape index (κ3) is 3.10. The fourth-order valence-electron chi connectivity index (χ4n) is 3.04. The van der Waals surface area contributed by atoms with E-state index in [9.17, 15) is 26.7 Å². The van der Waals surface area contributed by atoms with E-state index in [1.54, 1.807) is 0 Å². The van der Waals surface area contributed by atoms with Crippen LogP contribution in [0, 0.1) is 11.6 Å². The summed E-state index contributed by atoms with van der Waals surface area (Å²) in [6.07, 6.45) is -3.15. The summed E-state index contributed by atoms with van der Waals surface area (Å²) in [4.78, 5) is 22.7. The molecule has 0 atom stereocenters. The maximum absolute atomic E-state index is 13.6. The lowest BCUT2D eigenvalue weighted by Gasteiger charge is -2.13. The molecule has 1 amide bonds. The highest BCUT2D eigenvalue weighted by Crippen LogP contribution is 2.37. The van der Waals surface area contributed by atoms with Crippen LogP contribution in [-0.4, -0.2) is 27.4 Å². The van der Waals surface area contributed by atoms with Crippen molar-refractivity contribution in [1.29, 1.82) is 0 Å². The third-order valence-electron chi connectivity index (χ3n) is 4.34. The molecule has 0 bridgehead atoms. The molecule has 0 radical (unpaired) electrons. The molecule has 1 aromatic carbocycles. The van der Waals surface area contributed by atoms with Crippen LogP contribution in [0.5, 0.6) is 0 Å². The summed E-state index contributed by atoms with van der Waals surface area (Å²) < 4.78 is 66.8. The van der Waals surface area contributed by atoms with Crippen molar-refractivity contribution in [2.45, 2.75) is 12.6 Å². The normalized spacial score (nSPS) is 14.0. The molecule has 0 spiro atoms. The molecule has 2 N–H and O–H groups in total. The van der Waals surface area contributed by atoms with Crippen LogP contribution in [0.25, 0.3) is 22.8 Å². The number of carbonyl (C=O) groups excluding carboxylic acids is 1. The minimum atomic E-state index is -4.92. The molecule has 0 aliphatic carbocycles. The number of nitrogens with zero attached hydrogens (tertiary/aromatic N) is 2. The Labute approximate surface area is 154 Å². The number of halogens is 5. The molecule has 1 aliphatic heterocycles. The Morgan fingerprint density at radius 2 is 1.79 bits per heavy atom. The van der Waals surface area contributed by atoms with Crippen molar-refractivity contribution in [3.8, 4) is 22.8 Å². The van der Waals surface area contributed by atoms with Gasteiger partial charge >= 0.3 is 6.18 Å². The van der Waals surface area contributed by atoms with Crippen LogP contribution in [0.2, 0.25) is 0 Å². The van der Waals surface area contributed by atoms with Crippen LogP contribution in [0.15, 0.2) is 30.5 Å². The highest BCUT2D eigenvalue weighted by Gasteiger charge is 2.36. The molecule has 0 saturated carbocycles. The van der Waals surface area contributed by atoms with Crippen molar-refractivity contribution < 1.29 is 26.7 Å². The number of H-pyrrole nitrogens is 1. The number of carbonyl (C=O) groups is 1. The highest BCUT2D eigenvalue weighted by atomic mass is 19.4. The monoisotopic (exact) mass is 394 g/mol. The molecule has 5 nitrogen and oxygen atoms in total. The van der Waals surface area contributed by atoms with Crippen LogP contribution in [0.1, 0.15) is 21.6 Å². The molecule has 4 rings (SSSR count). The standard InChI is InChI=1S/C18H11F5N4O/c19-11-5-8(10(7-12(11)20)18(21,22)23)16-24-3-2-14(27-16)15-6-9-13(26-15)1-4-25-17(9)28/h2-3,5-7,26H,1,4H2,(H,25,28). The van der Waals surface area contributed by atoms with Gasteiger partial charge in [-0.3, -0.25) is 4.79 Å². The lowest BCUT2D eigenvalue weighted by Crippen LogP contribution is -2.31. The van der Waals surface area contributed by atoms with Gasteiger partial charge in [-0.05, 0) is 24.3 Å². The molecule has 0 fully saturated rings. The molecule has 3 heterocycles. The topological polar surface area (TPSA) is 70.7 Å². The smallest absolute Gasteiger partial charge is 0.356 e. The molecule has 2 aromatic heterocycles. The number of nitrogens with one attached hydrogen (secondary N) is 2. The maximum atomic E-state index is 13.6. The number of rotatable bonds is 2. The summed E-state index contributed by atoms with van der Waals surface area (Å²) in [5, 5.41) is 2.68. The highest BCUT2D eigenvalue weighted by molar-refractivity contribution is 5.97. The molecular formula is C18H11F5N4O. The number of hydrogen-bond donors (Lipinski definition) is 2. The largest absolute Gasteiger partial charge is 0.417 e. The number of hydrogen-bond acceptors (Lipinski definition) is 3. The number of alkyl halides is 3. The Morgan fingerprint density at radius 1 is 1.04 bits per heavy atom. The van der Waals surface area contributed by atoms with E-state index in [0.717, 1.165) is 0 Å². The number of fused-ring (bicyclic) bond motifs is 1. The van der Waals surface area contributed by atoms with Crippen molar-refractivity contribution in [3.63, 3.8) is 0 Å². The second-order valence-electron chi connectivity index (χ2n) is 6.16. The average molecular weight is 394 g/mol. The summed E-state index contributed by atoms with van der Waals surface area (Å²) >= 11 is 0. The Bertz CT molecular complexity index is 1090. The van der Waals surface area contributed by atoms with Gasteiger partial charge in [0.05, 0.1) is 22.5 Å². The van der Waals surface area contributed by atoms with Crippen molar-refractivity contribution in [2.24, 2.45) is 0 Å². The van der Waals surface area contributed by atoms with Crippen molar-refractivity contribution >= 4 is 5.91 Å². The molecule has 144 valence electrons. The first-order valence-corrected chi connectivity index (χ1v) is 8.14. The Morgan fingerprint density at radius 3 is 2.50 bits per heavy atom. The summed E-state index contributed by atoms with van der Waals surface area (Å²) in [6.45, 7) is 0.463. The van der Waals surface area contributed by atoms with Crippen LogP contribution >= 0.6 is 0 Å². The van der Waals surface area contributed by atoms with E-state index in [2.05, 4.69) is 20.3 Å². The Hall–Kier alpha value is -3.30. The molecular weight excluding hydrogens is 383 g/mol. The second kappa shape index (κ2) is 6.39. The Balaban J connectivity index is 1.83. The fourth-order valence-corrected chi connectivity index (χ4v) is 3.04. The predicted molar refractivity (Wildman–Crippen MR) is 88.2 cm³/mol. The van der Waals surface area contributed by atoms with Crippen molar-refractivity contribution in [3.05, 3.63) is 58.9 Å². The molecule has 1 aliphatic rings. The van der Waals surface area contributed by atoms with E-state index in [-0.39, 0.29) is 17.7 Å². The van der Waals surface area contributed by atoms with Gasteiger partial charge in [0.15, 0.2) is 17.5 Å². The summed E-state index contributed by atoms with van der Waals surface area (Å²) in [6, 6.07) is 3.47. The van der Waals surface area contributed by atoms with Gasteiger partial charge in [-0.1, -0.05) is 0 Å². The van der Waals surface area contributed by atoms with Crippen LogP contribution in [0.4, 0.5) is 22.0 Å². The zero-order valence-corrected chi connectivity index (χ0v) is 14.0. The second-order valence-corrected chi connectivity index (χ2v) is 6.16. The van der Waals surface area contributed by atoms with E-state index >= 15 is 0 Å². The molecule has 0 unspecified atom stereocenters. The first-order valence-electron chi connectivity index (χ1n) is 8.14. The zero-order valence-electron chi connectivity index (χ0n) is 14.0. The summed E-state index contributed by atoms with van der Waals surface area (Å²) in [5.41, 5.74) is -0.337. The molecule has 10 heteroatoms. The van der Waals surface area contributed by atoms with Crippen molar-refractivity contribution in [1.82, 2.24) is 20.3 Å². The van der Waals surface area contributed by atoms with Gasteiger partial charge in [-0.15, -0.1) is 0 Å². The van der Waals surface area contributed by atoms with Gasteiger partial charge in [0, 0.05) is 30.4 Å². The number of aromatic nitrogens is 3. The summed E-state index contributed by atoms with van der Waals surface area (Å²) in [7, 11) is 0. The van der Waals surface area contributed by atoms with Gasteiger partial charge in [-0.25, -0.2) is 18.7 Å². The predicted octanol–water partition coefficient (Wildman–Crippen LogP) is 3.72. The van der Waals surface area contributed by atoms with Gasteiger partial charge in [0.25, 0.3) is 5.91 Å². The number of amides is 1. The quantitative estimate of drug-likeness (QED) is 0.651. The zero-order chi connectivity index (χ0) is 20.1. The molecule has 28 heavy (non-hydrogen) atoms. The minimum absolute atomic E-state index is 0.0817. The van der Waals surface area contributed by atoms with Crippen LogP contribution in [0.3, 0.4) is 0 Å². The first kappa shape index (κ1) is 18.1. The fraction of sp³-hybridized carbons (Fsp3) is 0.167. The minimum Gasteiger partial charge on any atom is -0.356 e. The molecule has 3 aromatic rings. The van der Waals surface area contributed by atoms with Crippen LogP contribution < -0.4 is 5.32 Å². The van der Waals surface area contributed by atoms with Gasteiger partial charge in [-0.2, -0.15) is 13.2 Å². The van der Waals surface area contributed by atoms with E-state index in [1.165, 1.54) is 18.3 Å².